The Morgan fingerprint density at radius 2 is 1.81 bits per heavy atom. The number of carbonyl (C=O) groups is 1. The summed E-state index contributed by atoms with van der Waals surface area (Å²) in [5.41, 5.74) is 4.68. The van der Waals surface area contributed by atoms with E-state index >= 15 is 0 Å². The van der Waals surface area contributed by atoms with E-state index in [2.05, 4.69) is 53.8 Å². The monoisotopic (exact) mass is 424 g/mol. The zero-order valence-corrected chi connectivity index (χ0v) is 18.3. The summed E-state index contributed by atoms with van der Waals surface area (Å²) in [6, 6.07) is 24.7. The van der Waals surface area contributed by atoms with Gasteiger partial charge >= 0.3 is 0 Å². The number of carbonyl (C=O) groups excluding carboxylic acids is 1. The molecule has 0 bridgehead atoms. The van der Waals surface area contributed by atoms with Crippen LogP contribution >= 0.6 is 0 Å². The van der Waals surface area contributed by atoms with Gasteiger partial charge < -0.3 is 15.0 Å². The van der Waals surface area contributed by atoms with Gasteiger partial charge in [-0.05, 0) is 60.2 Å². The van der Waals surface area contributed by atoms with Crippen LogP contribution in [-0.4, -0.2) is 16.9 Å². The fourth-order valence-corrected chi connectivity index (χ4v) is 4.35. The number of fused-ring (bicyclic) bond motifs is 1. The lowest BCUT2D eigenvalue weighted by Gasteiger charge is -2.18. The van der Waals surface area contributed by atoms with Crippen LogP contribution in [0.5, 0.6) is 11.5 Å². The highest BCUT2D eigenvalue weighted by molar-refractivity contribution is 5.88. The van der Waals surface area contributed by atoms with Gasteiger partial charge in [0.05, 0.1) is 0 Å². The summed E-state index contributed by atoms with van der Waals surface area (Å²) >= 11 is 0. The van der Waals surface area contributed by atoms with Gasteiger partial charge in [-0.15, -0.1) is 0 Å². The quantitative estimate of drug-likeness (QED) is 0.348. The van der Waals surface area contributed by atoms with Crippen LogP contribution in [0.2, 0.25) is 0 Å². The van der Waals surface area contributed by atoms with Crippen LogP contribution in [0.15, 0.2) is 79.0 Å². The maximum absolute atomic E-state index is 12.9. The van der Waals surface area contributed by atoms with Crippen molar-refractivity contribution >= 4 is 16.8 Å². The van der Waals surface area contributed by atoms with Crippen molar-refractivity contribution in [1.29, 1.82) is 0 Å². The van der Waals surface area contributed by atoms with Gasteiger partial charge in [-0.2, -0.15) is 0 Å². The van der Waals surface area contributed by atoms with Crippen LogP contribution in [0.4, 0.5) is 0 Å². The van der Waals surface area contributed by atoms with Crippen LogP contribution < -0.4 is 10.1 Å². The number of aromatic nitrogens is 1. The van der Waals surface area contributed by atoms with E-state index in [1.807, 2.05) is 42.5 Å². The second-order valence-corrected chi connectivity index (χ2v) is 8.52. The topological polar surface area (TPSA) is 54.1 Å². The molecule has 1 atom stereocenters. The molecule has 1 aromatic heterocycles. The first-order valence-corrected chi connectivity index (χ1v) is 11.4. The molecular formula is C28H28N2O2. The van der Waals surface area contributed by atoms with Crippen molar-refractivity contribution in [2.45, 2.75) is 44.6 Å². The highest BCUT2D eigenvalue weighted by atomic mass is 16.5. The molecular weight excluding hydrogens is 396 g/mol. The Kier molecular flexibility index (Phi) is 5.68. The third kappa shape index (κ3) is 4.40. The summed E-state index contributed by atoms with van der Waals surface area (Å²) in [6.07, 6.45) is 5.62. The molecule has 0 saturated heterocycles. The van der Waals surface area contributed by atoms with Gasteiger partial charge in [0.1, 0.15) is 11.5 Å². The molecule has 32 heavy (non-hydrogen) atoms. The van der Waals surface area contributed by atoms with Crippen LogP contribution in [0.3, 0.4) is 0 Å². The van der Waals surface area contributed by atoms with Gasteiger partial charge in [-0.25, -0.2) is 0 Å². The molecule has 2 N–H and O–H groups in total. The molecule has 0 aliphatic heterocycles. The number of ether oxygens (including phenoxy) is 1. The number of aromatic amines is 1. The molecule has 4 aromatic rings. The highest BCUT2D eigenvalue weighted by Gasteiger charge is 2.27. The van der Waals surface area contributed by atoms with E-state index in [0.717, 1.165) is 47.4 Å². The van der Waals surface area contributed by atoms with Gasteiger partial charge in [0.2, 0.25) is 5.91 Å². The SMILES string of the molecule is CCc1cccc2c(C(CC(=O)NC3CC3)c3cccc(Oc4ccccc4)c3)c[nH]c12. The molecule has 162 valence electrons. The van der Waals surface area contributed by atoms with Gasteiger partial charge in [0, 0.05) is 35.5 Å². The lowest BCUT2D eigenvalue weighted by Crippen LogP contribution is -2.27. The van der Waals surface area contributed by atoms with Crippen molar-refractivity contribution in [3.63, 3.8) is 0 Å². The molecule has 3 aromatic carbocycles. The maximum Gasteiger partial charge on any atom is 0.221 e. The molecule has 5 rings (SSSR count). The molecule has 1 aliphatic carbocycles. The van der Waals surface area contributed by atoms with Crippen LogP contribution in [-0.2, 0) is 11.2 Å². The van der Waals surface area contributed by atoms with Crippen molar-refractivity contribution in [1.82, 2.24) is 10.3 Å². The van der Waals surface area contributed by atoms with Crippen molar-refractivity contribution in [2.24, 2.45) is 0 Å². The van der Waals surface area contributed by atoms with E-state index in [9.17, 15) is 4.79 Å². The normalized spacial score (nSPS) is 14.3. The third-order valence-electron chi connectivity index (χ3n) is 6.16. The zero-order valence-electron chi connectivity index (χ0n) is 18.3. The first-order valence-electron chi connectivity index (χ1n) is 11.4. The Labute approximate surface area is 188 Å². The number of para-hydroxylation sites is 2. The highest BCUT2D eigenvalue weighted by Crippen LogP contribution is 2.36. The number of nitrogens with one attached hydrogen (secondary N) is 2. The summed E-state index contributed by atoms with van der Waals surface area (Å²) in [5.74, 6) is 1.62. The lowest BCUT2D eigenvalue weighted by atomic mass is 9.87. The second kappa shape index (κ2) is 8.91. The Morgan fingerprint density at radius 1 is 1.03 bits per heavy atom. The van der Waals surface area contributed by atoms with Crippen molar-refractivity contribution in [3.05, 3.63) is 95.7 Å². The summed E-state index contributed by atoms with van der Waals surface area (Å²) in [4.78, 5) is 16.3. The Bertz CT molecular complexity index is 1220. The summed E-state index contributed by atoms with van der Waals surface area (Å²) in [5, 5.41) is 4.34. The number of aryl methyl sites for hydroxylation is 1. The van der Waals surface area contributed by atoms with E-state index < -0.39 is 0 Å². The molecule has 1 saturated carbocycles. The van der Waals surface area contributed by atoms with Gasteiger partial charge in [0.15, 0.2) is 0 Å². The Balaban J connectivity index is 1.52. The van der Waals surface area contributed by atoms with Crippen LogP contribution in [0, 0.1) is 0 Å². The average Bonchev–Trinajstić information content (AvgIpc) is 3.53. The maximum atomic E-state index is 12.9. The van der Waals surface area contributed by atoms with Crippen LogP contribution in [0.1, 0.15) is 48.8 Å². The fraction of sp³-hybridized carbons (Fsp3) is 0.250. The first-order chi connectivity index (χ1) is 15.7. The molecule has 1 amide bonds. The molecule has 1 fully saturated rings. The average molecular weight is 425 g/mol. The first kappa shape index (κ1) is 20.4. The van der Waals surface area contributed by atoms with E-state index in [0.29, 0.717) is 12.5 Å². The largest absolute Gasteiger partial charge is 0.457 e. The van der Waals surface area contributed by atoms with Crippen molar-refractivity contribution in [2.75, 3.05) is 0 Å². The predicted octanol–water partition coefficient (Wildman–Crippen LogP) is 6.32. The minimum absolute atomic E-state index is 0.0612. The molecule has 0 radical (unpaired) electrons. The van der Waals surface area contributed by atoms with E-state index in [1.54, 1.807) is 0 Å². The number of amides is 1. The molecule has 1 aliphatic rings. The predicted molar refractivity (Wildman–Crippen MR) is 128 cm³/mol. The van der Waals surface area contributed by atoms with Gasteiger partial charge in [-0.1, -0.05) is 55.5 Å². The molecule has 1 unspecified atom stereocenters. The molecule has 0 spiro atoms. The van der Waals surface area contributed by atoms with Crippen molar-refractivity contribution < 1.29 is 9.53 Å². The standard InChI is InChI=1S/C28H28N2O2/c1-2-19-8-7-13-24-26(18-29-28(19)24)25(17-27(31)30-21-14-15-21)20-9-6-12-23(16-20)32-22-10-4-3-5-11-22/h3-13,16,18,21,25,29H,2,14-15,17H2,1H3,(H,30,31). The minimum Gasteiger partial charge on any atom is -0.457 e. The fourth-order valence-electron chi connectivity index (χ4n) is 4.35. The zero-order chi connectivity index (χ0) is 21.9. The summed E-state index contributed by atoms with van der Waals surface area (Å²) < 4.78 is 6.08. The van der Waals surface area contributed by atoms with Gasteiger partial charge in [0.25, 0.3) is 0 Å². The molecule has 4 heteroatoms. The number of hydrogen-bond donors (Lipinski definition) is 2. The molecule has 1 heterocycles. The Hall–Kier alpha value is -3.53. The second-order valence-electron chi connectivity index (χ2n) is 8.52. The van der Waals surface area contributed by atoms with E-state index in [-0.39, 0.29) is 11.8 Å². The lowest BCUT2D eigenvalue weighted by molar-refractivity contribution is -0.121. The summed E-state index contributed by atoms with van der Waals surface area (Å²) in [6.45, 7) is 2.17. The third-order valence-corrected chi connectivity index (χ3v) is 6.16. The Morgan fingerprint density at radius 3 is 2.59 bits per heavy atom. The van der Waals surface area contributed by atoms with E-state index in [1.165, 1.54) is 10.9 Å². The number of hydrogen-bond acceptors (Lipinski definition) is 2. The number of rotatable bonds is 8. The summed E-state index contributed by atoms with van der Waals surface area (Å²) in [7, 11) is 0. The van der Waals surface area contributed by atoms with Crippen LogP contribution in [0.25, 0.3) is 10.9 Å². The number of benzene rings is 3. The van der Waals surface area contributed by atoms with E-state index in [4.69, 9.17) is 4.74 Å². The van der Waals surface area contributed by atoms with Crippen molar-refractivity contribution in [3.8, 4) is 11.5 Å². The smallest absolute Gasteiger partial charge is 0.221 e. The number of H-pyrrole nitrogens is 1. The minimum atomic E-state index is -0.0612. The van der Waals surface area contributed by atoms with Gasteiger partial charge in [-0.3, -0.25) is 4.79 Å². The molecule has 4 nitrogen and oxygen atoms in total.